The van der Waals surface area contributed by atoms with E-state index in [9.17, 15) is 9.59 Å². The second-order valence-electron chi connectivity index (χ2n) is 4.88. The van der Waals surface area contributed by atoms with Gasteiger partial charge in [-0.15, -0.1) is 5.10 Å². The molecule has 9 heteroatoms. The molecule has 4 N–H and O–H groups in total. The summed E-state index contributed by atoms with van der Waals surface area (Å²) in [7, 11) is 1.56. The minimum absolute atomic E-state index is 0.121. The summed E-state index contributed by atoms with van der Waals surface area (Å²) in [6.07, 6.45) is 1.26. The topological polar surface area (TPSA) is 117 Å². The van der Waals surface area contributed by atoms with Crippen LogP contribution in [0.15, 0.2) is 5.16 Å². The first kappa shape index (κ1) is 15.8. The van der Waals surface area contributed by atoms with Crippen LogP contribution in [-0.4, -0.2) is 63.3 Å². The van der Waals surface area contributed by atoms with E-state index >= 15 is 0 Å². The summed E-state index contributed by atoms with van der Waals surface area (Å²) in [6.45, 7) is 2.38. The SMILES string of the molecule is CCc1nc(SCC(=O)N2C[C@@H](N)C[C@H]2C(=O)NC)n[nH]1. The Balaban J connectivity index is 1.93. The second-order valence-corrected chi connectivity index (χ2v) is 5.82. The first-order chi connectivity index (χ1) is 10.0. The fourth-order valence-electron chi connectivity index (χ4n) is 2.27. The van der Waals surface area contributed by atoms with E-state index in [-0.39, 0.29) is 23.6 Å². The Morgan fingerprint density at radius 1 is 1.57 bits per heavy atom. The number of hydrogen-bond acceptors (Lipinski definition) is 6. The molecule has 2 heterocycles. The summed E-state index contributed by atoms with van der Waals surface area (Å²) in [5.41, 5.74) is 5.86. The molecule has 0 unspecified atom stereocenters. The zero-order valence-electron chi connectivity index (χ0n) is 12.1. The molecule has 0 radical (unpaired) electrons. The van der Waals surface area contributed by atoms with Crippen molar-refractivity contribution < 1.29 is 9.59 Å². The minimum Gasteiger partial charge on any atom is -0.357 e. The molecule has 2 rings (SSSR count). The number of hydrogen-bond donors (Lipinski definition) is 3. The lowest BCUT2D eigenvalue weighted by atomic mass is 10.1. The van der Waals surface area contributed by atoms with Crippen molar-refractivity contribution in [1.82, 2.24) is 25.4 Å². The number of aromatic amines is 1. The molecule has 1 aromatic rings. The predicted molar refractivity (Wildman–Crippen MR) is 78.6 cm³/mol. The molecule has 1 aliphatic heterocycles. The van der Waals surface area contributed by atoms with E-state index < -0.39 is 6.04 Å². The molecular weight excluding hydrogens is 292 g/mol. The summed E-state index contributed by atoms with van der Waals surface area (Å²) in [6, 6.07) is -0.632. The van der Waals surface area contributed by atoms with Crippen LogP contribution in [0.4, 0.5) is 0 Å². The average Bonchev–Trinajstić information content (AvgIpc) is 3.10. The number of likely N-dealkylation sites (N-methyl/N-ethyl adjacent to an activating group) is 1. The smallest absolute Gasteiger partial charge is 0.242 e. The molecular formula is C12H20N6O2S. The van der Waals surface area contributed by atoms with Crippen molar-refractivity contribution in [3.8, 4) is 0 Å². The van der Waals surface area contributed by atoms with E-state index in [4.69, 9.17) is 5.73 Å². The molecule has 0 spiro atoms. The van der Waals surface area contributed by atoms with Crippen LogP contribution in [0.3, 0.4) is 0 Å². The zero-order chi connectivity index (χ0) is 15.4. The van der Waals surface area contributed by atoms with Crippen LogP contribution in [0.5, 0.6) is 0 Å². The maximum absolute atomic E-state index is 12.3. The summed E-state index contributed by atoms with van der Waals surface area (Å²) in [4.78, 5) is 29.8. The molecule has 21 heavy (non-hydrogen) atoms. The third-order valence-corrected chi connectivity index (χ3v) is 4.21. The highest BCUT2D eigenvalue weighted by Crippen LogP contribution is 2.20. The van der Waals surface area contributed by atoms with Crippen molar-refractivity contribution in [3.05, 3.63) is 5.82 Å². The van der Waals surface area contributed by atoms with Gasteiger partial charge in [0, 0.05) is 26.1 Å². The van der Waals surface area contributed by atoms with Crippen molar-refractivity contribution in [2.75, 3.05) is 19.3 Å². The van der Waals surface area contributed by atoms with E-state index in [0.717, 1.165) is 12.2 Å². The second kappa shape index (κ2) is 6.90. The molecule has 2 atom stereocenters. The van der Waals surface area contributed by atoms with Gasteiger partial charge in [0.05, 0.1) is 5.75 Å². The number of aromatic nitrogens is 3. The Bertz CT molecular complexity index is 520. The van der Waals surface area contributed by atoms with E-state index in [1.807, 2.05) is 6.92 Å². The molecule has 1 aliphatic rings. The number of nitrogens with two attached hydrogens (primary N) is 1. The van der Waals surface area contributed by atoms with Crippen LogP contribution in [0.2, 0.25) is 0 Å². The maximum atomic E-state index is 12.3. The number of likely N-dealkylation sites (tertiary alicyclic amines) is 1. The van der Waals surface area contributed by atoms with Crippen molar-refractivity contribution in [3.63, 3.8) is 0 Å². The number of H-pyrrole nitrogens is 1. The molecule has 1 fully saturated rings. The summed E-state index contributed by atoms with van der Waals surface area (Å²) < 4.78 is 0. The number of nitrogens with zero attached hydrogens (tertiary/aromatic N) is 3. The maximum Gasteiger partial charge on any atom is 0.242 e. The van der Waals surface area contributed by atoms with Crippen LogP contribution in [0.25, 0.3) is 0 Å². The summed E-state index contributed by atoms with van der Waals surface area (Å²) in [5, 5.41) is 9.94. The normalized spacial score (nSPS) is 21.6. The largest absolute Gasteiger partial charge is 0.357 e. The number of nitrogens with one attached hydrogen (secondary N) is 2. The number of aryl methyl sites for hydroxylation is 1. The van der Waals surface area contributed by atoms with Gasteiger partial charge in [-0.1, -0.05) is 18.7 Å². The molecule has 1 aromatic heterocycles. The predicted octanol–water partition coefficient (Wildman–Crippen LogP) is -0.867. The number of amides is 2. The first-order valence-electron chi connectivity index (χ1n) is 6.85. The average molecular weight is 312 g/mol. The zero-order valence-corrected chi connectivity index (χ0v) is 12.9. The van der Waals surface area contributed by atoms with Gasteiger partial charge in [-0.2, -0.15) is 0 Å². The van der Waals surface area contributed by atoms with Crippen LogP contribution in [0.1, 0.15) is 19.2 Å². The van der Waals surface area contributed by atoms with E-state index in [2.05, 4.69) is 20.5 Å². The van der Waals surface area contributed by atoms with Crippen molar-refractivity contribution in [1.29, 1.82) is 0 Å². The molecule has 0 aliphatic carbocycles. The van der Waals surface area contributed by atoms with Crippen molar-refractivity contribution >= 4 is 23.6 Å². The minimum atomic E-state index is -0.476. The summed E-state index contributed by atoms with van der Waals surface area (Å²) >= 11 is 1.26. The highest BCUT2D eigenvalue weighted by Gasteiger charge is 2.37. The lowest BCUT2D eigenvalue weighted by molar-refractivity contribution is -0.136. The summed E-state index contributed by atoms with van der Waals surface area (Å²) in [5.74, 6) is 0.689. The van der Waals surface area contributed by atoms with Crippen LogP contribution >= 0.6 is 11.8 Å². The number of thioether (sulfide) groups is 1. The Hall–Kier alpha value is -1.61. The molecule has 8 nitrogen and oxygen atoms in total. The van der Waals surface area contributed by atoms with Crippen LogP contribution in [0, 0.1) is 0 Å². The Morgan fingerprint density at radius 3 is 2.95 bits per heavy atom. The van der Waals surface area contributed by atoms with Gasteiger partial charge in [-0.3, -0.25) is 14.7 Å². The van der Waals surface area contributed by atoms with Crippen LogP contribution in [-0.2, 0) is 16.0 Å². The standard InChI is InChI=1S/C12H20N6O2S/c1-3-9-15-12(17-16-9)21-6-10(19)18-5-7(13)4-8(18)11(20)14-2/h7-8H,3-6,13H2,1-2H3,(H,14,20)(H,15,16,17)/t7-,8-/m0/s1. The van der Waals surface area contributed by atoms with E-state index in [1.54, 1.807) is 11.9 Å². The quantitative estimate of drug-likeness (QED) is 0.609. The molecule has 116 valence electrons. The van der Waals surface area contributed by atoms with Crippen LogP contribution < -0.4 is 11.1 Å². The number of carbonyl (C=O) groups excluding carboxylic acids is 2. The fraction of sp³-hybridized carbons (Fsp3) is 0.667. The highest BCUT2D eigenvalue weighted by atomic mass is 32.2. The molecule has 0 saturated carbocycles. The lowest BCUT2D eigenvalue weighted by Crippen LogP contribution is -2.45. The van der Waals surface area contributed by atoms with E-state index in [1.165, 1.54) is 11.8 Å². The van der Waals surface area contributed by atoms with Gasteiger partial charge in [0.2, 0.25) is 17.0 Å². The highest BCUT2D eigenvalue weighted by molar-refractivity contribution is 7.99. The molecule has 2 amide bonds. The van der Waals surface area contributed by atoms with Gasteiger partial charge in [0.1, 0.15) is 11.9 Å². The fourth-order valence-corrected chi connectivity index (χ4v) is 2.97. The first-order valence-corrected chi connectivity index (χ1v) is 7.84. The molecule has 1 saturated heterocycles. The molecule has 0 bridgehead atoms. The van der Waals surface area contributed by atoms with Gasteiger partial charge in [-0.05, 0) is 6.42 Å². The third-order valence-electron chi connectivity index (χ3n) is 3.37. The van der Waals surface area contributed by atoms with Gasteiger partial charge >= 0.3 is 0 Å². The number of carbonyl (C=O) groups is 2. The van der Waals surface area contributed by atoms with Gasteiger partial charge in [0.15, 0.2) is 0 Å². The Morgan fingerprint density at radius 2 is 2.33 bits per heavy atom. The van der Waals surface area contributed by atoms with Gasteiger partial charge in [0.25, 0.3) is 0 Å². The monoisotopic (exact) mass is 312 g/mol. The Kier molecular flexibility index (Phi) is 5.18. The lowest BCUT2D eigenvalue weighted by Gasteiger charge is -2.22. The van der Waals surface area contributed by atoms with E-state index in [0.29, 0.717) is 18.1 Å². The van der Waals surface area contributed by atoms with Gasteiger partial charge in [-0.25, -0.2) is 4.98 Å². The Labute approximate surface area is 127 Å². The van der Waals surface area contributed by atoms with Crippen molar-refractivity contribution in [2.24, 2.45) is 5.73 Å². The number of rotatable bonds is 5. The third kappa shape index (κ3) is 3.73. The van der Waals surface area contributed by atoms with Gasteiger partial charge < -0.3 is 16.0 Å². The van der Waals surface area contributed by atoms with Crippen molar-refractivity contribution in [2.45, 2.75) is 37.0 Å². The molecule has 0 aromatic carbocycles.